The molecule has 0 saturated heterocycles. The van der Waals surface area contributed by atoms with Crippen LogP contribution in [-0.4, -0.2) is 9.78 Å². The van der Waals surface area contributed by atoms with Crippen molar-refractivity contribution in [1.82, 2.24) is 15.2 Å². The van der Waals surface area contributed by atoms with Crippen LogP contribution >= 0.6 is 11.3 Å². The van der Waals surface area contributed by atoms with Gasteiger partial charge < -0.3 is 0 Å². The Balaban J connectivity index is 1.70. The van der Waals surface area contributed by atoms with Crippen molar-refractivity contribution in [2.24, 2.45) is 12.9 Å². The second kappa shape index (κ2) is 6.73. The monoisotopic (exact) mass is 304 g/mol. The Bertz CT molecular complexity index is 563. The lowest BCUT2D eigenvalue weighted by molar-refractivity contribution is 0.513. The summed E-state index contributed by atoms with van der Waals surface area (Å²) in [5.74, 6) is 5.81. The average Bonchev–Trinajstić information content (AvgIpc) is 3.01. The molecule has 3 N–H and O–H groups in total. The zero-order chi connectivity index (χ0) is 14.7. The standard InChI is InChI=1S/C16H24N4S/c1-20-13(9-10-18-20)7-8-14(19-17)16-11-12-5-3-2-4-6-15(12)21-16/h9-11,14,19H,2-8,17H2,1H3. The van der Waals surface area contributed by atoms with E-state index >= 15 is 0 Å². The number of aryl methyl sites for hydroxylation is 4. The Kier molecular flexibility index (Phi) is 4.73. The molecular formula is C16H24N4S. The number of hydrogen-bond donors (Lipinski definition) is 2. The molecule has 2 heterocycles. The maximum atomic E-state index is 5.81. The summed E-state index contributed by atoms with van der Waals surface area (Å²) in [5.41, 5.74) is 5.83. The third-order valence-electron chi connectivity index (χ3n) is 4.42. The van der Waals surface area contributed by atoms with E-state index in [1.54, 1.807) is 10.4 Å². The van der Waals surface area contributed by atoms with Crippen LogP contribution in [0.15, 0.2) is 18.3 Å². The Morgan fingerprint density at radius 1 is 1.38 bits per heavy atom. The van der Waals surface area contributed by atoms with Crippen molar-refractivity contribution in [3.63, 3.8) is 0 Å². The number of nitrogens with one attached hydrogen (secondary N) is 1. The van der Waals surface area contributed by atoms with Crippen LogP contribution in [0, 0.1) is 0 Å². The van der Waals surface area contributed by atoms with Gasteiger partial charge in [-0.3, -0.25) is 16.0 Å². The second-order valence-corrected chi connectivity index (χ2v) is 7.03. The summed E-state index contributed by atoms with van der Waals surface area (Å²) < 4.78 is 1.94. The quantitative estimate of drug-likeness (QED) is 0.507. The molecule has 0 radical (unpaired) electrons. The van der Waals surface area contributed by atoms with Crippen LogP contribution in [0.1, 0.15) is 52.7 Å². The topological polar surface area (TPSA) is 55.9 Å². The molecule has 0 fully saturated rings. The van der Waals surface area contributed by atoms with Gasteiger partial charge in [0.05, 0.1) is 6.04 Å². The van der Waals surface area contributed by atoms with Crippen LogP contribution in [0.5, 0.6) is 0 Å². The van der Waals surface area contributed by atoms with E-state index in [-0.39, 0.29) is 6.04 Å². The van der Waals surface area contributed by atoms with Crippen LogP contribution in [0.25, 0.3) is 0 Å². The van der Waals surface area contributed by atoms with Crippen LogP contribution in [0.3, 0.4) is 0 Å². The SMILES string of the molecule is Cn1nccc1CCC(NN)c1cc2c(s1)CCCCC2. The Morgan fingerprint density at radius 3 is 3.00 bits per heavy atom. The van der Waals surface area contributed by atoms with E-state index in [2.05, 4.69) is 22.7 Å². The van der Waals surface area contributed by atoms with Gasteiger partial charge in [0.1, 0.15) is 0 Å². The molecule has 21 heavy (non-hydrogen) atoms. The van der Waals surface area contributed by atoms with Crippen molar-refractivity contribution in [3.05, 3.63) is 39.3 Å². The molecule has 1 aliphatic rings. The number of hydrazine groups is 1. The van der Waals surface area contributed by atoms with Crippen LogP contribution in [0.4, 0.5) is 0 Å². The van der Waals surface area contributed by atoms with Gasteiger partial charge in [0.25, 0.3) is 0 Å². The van der Waals surface area contributed by atoms with Gasteiger partial charge >= 0.3 is 0 Å². The first-order valence-corrected chi connectivity index (χ1v) is 8.64. The molecule has 5 heteroatoms. The minimum Gasteiger partial charge on any atom is -0.273 e. The van der Waals surface area contributed by atoms with Gasteiger partial charge in [0.2, 0.25) is 0 Å². The molecule has 0 aromatic carbocycles. The Labute approximate surface area is 130 Å². The van der Waals surface area contributed by atoms with Gasteiger partial charge in [-0.15, -0.1) is 11.3 Å². The highest BCUT2D eigenvalue weighted by Gasteiger charge is 2.18. The van der Waals surface area contributed by atoms with Gasteiger partial charge in [-0.2, -0.15) is 5.10 Å². The fourth-order valence-corrected chi connectivity index (χ4v) is 4.46. The summed E-state index contributed by atoms with van der Waals surface area (Å²) in [6.45, 7) is 0. The van der Waals surface area contributed by atoms with Crippen LogP contribution < -0.4 is 11.3 Å². The predicted octanol–water partition coefficient (Wildman–Crippen LogP) is 2.89. The molecule has 114 valence electrons. The van der Waals surface area contributed by atoms with Crippen LogP contribution in [-0.2, 0) is 26.3 Å². The number of nitrogens with two attached hydrogens (primary N) is 1. The zero-order valence-corrected chi connectivity index (χ0v) is 13.5. The van der Waals surface area contributed by atoms with Gasteiger partial charge in [-0.05, 0) is 56.2 Å². The van der Waals surface area contributed by atoms with Crippen molar-refractivity contribution < 1.29 is 0 Å². The molecule has 4 nitrogen and oxygen atoms in total. The molecule has 1 unspecified atom stereocenters. The van der Waals surface area contributed by atoms with Crippen molar-refractivity contribution >= 4 is 11.3 Å². The fraction of sp³-hybridized carbons (Fsp3) is 0.562. The maximum absolute atomic E-state index is 5.81. The van der Waals surface area contributed by atoms with E-state index < -0.39 is 0 Å². The van der Waals surface area contributed by atoms with Gasteiger partial charge in [0, 0.05) is 28.7 Å². The Hall–Kier alpha value is -1.17. The van der Waals surface area contributed by atoms with Crippen molar-refractivity contribution in [2.75, 3.05) is 0 Å². The third-order valence-corrected chi connectivity index (χ3v) is 5.77. The molecule has 1 atom stereocenters. The lowest BCUT2D eigenvalue weighted by atomic mass is 10.1. The summed E-state index contributed by atoms with van der Waals surface area (Å²) in [7, 11) is 1.99. The average molecular weight is 304 g/mol. The predicted molar refractivity (Wildman–Crippen MR) is 87.2 cm³/mol. The molecule has 0 amide bonds. The van der Waals surface area contributed by atoms with Crippen molar-refractivity contribution in [1.29, 1.82) is 0 Å². The summed E-state index contributed by atoms with van der Waals surface area (Å²) in [5, 5.41) is 4.22. The number of aromatic nitrogens is 2. The Morgan fingerprint density at radius 2 is 2.24 bits per heavy atom. The summed E-state index contributed by atoms with van der Waals surface area (Å²) in [6, 6.07) is 4.72. The lowest BCUT2D eigenvalue weighted by Crippen LogP contribution is -2.28. The van der Waals surface area contributed by atoms with E-state index in [1.165, 1.54) is 42.7 Å². The van der Waals surface area contributed by atoms with Crippen LogP contribution in [0.2, 0.25) is 0 Å². The number of rotatable bonds is 5. The fourth-order valence-electron chi connectivity index (χ4n) is 3.11. The highest BCUT2D eigenvalue weighted by molar-refractivity contribution is 7.12. The molecule has 3 rings (SSSR count). The molecule has 2 aromatic rings. The van der Waals surface area contributed by atoms with Gasteiger partial charge in [0.15, 0.2) is 0 Å². The second-order valence-electron chi connectivity index (χ2n) is 5.86. The minimum absolute atomic E-state index is 0.247. The molecule has 0 bridgehead atoms. The number of nitrogens with zero attached hydrogens (tertiary/aromatic N) is 2. The minimum atomic E-state index is 0.247. The first-order chi connectivity index (χ1) is 10.3. The molecular weight excluding hydrogens is 280 g/mol. The van der Waals surface area contributed by atoms with E-state index in [1.807, 2.05) is 29.3 Å². The summed E-state index contributed by atoms with van der Waals surface area (Å²) in [6.07, 6.45) is 10.4. The molecule has 0 aliphatic heterocycles. The molecule has 0 saturated carbocycles. The van der Waals surface area contributed by atoms with E-state index in [0.717, 1.165) is 12.8 Å². The number of fused-ring (bicyclic) bond motifs is 1. The highest BCUT2D eigenvalue weighted by atomic mass is 32.1. The van der Waals surface area contributed by atoms with Crippen molar-refractivity contribution in [2.45, 2.75) is 51.0 Å². The van der Waals surface area contributed by atoms with Gasteiger partial charge in [-0.25, -0.2) is 0 Å². The zero-order valence-electron chi connectivity index (χ0n) is 12.6. The smallest absolute Gasteiger partial charge is 0.0557 e. The molecule has 1 aliphatic carbocycles. The lowest BCUT2D eigenvalue weighted by Gasteiger charge is -2.14. The summed E-state index contributed by atoms with van der Waals surface area (Å²) in [4.78, 5) is 2.98. The van der Waals surface area contributed by atoms with E-state index in [9.17, 15) is 0 Å². The first-order valence-electron chi connectivity index (χ1n) is 7.82. The summed E-state index contributed by atoms with van der Waals surface area (Å²) >= 11 is 1.96. The van der Waals surface area contributed by atoms with Gasteiger partial charge in [-0.1, -0.05) is 6.42 Å². The largest absolute Gasteiger partial charge is 0.273 e. The number of thiophene rings is 1. The highest BCUT2D eigenvalue weighted by Crippen LogP contribution is 2.33. The third kappa shape index (κ3) is 3.36. The first kappa shape index (κ1) is 14.8. The van der Waals surface area contributed by atoms with E-state index in [4.69, 9.17) is 5.84 Å². The normalized spacial score (nSPS) is 16.5. The molecule has 0 spiro atoms. The van der Waals surface area contributed by atoms with Crippen molar-refractivity contribution in [3.8, 4) is 0 Å². The van der Waals surface area contributed by atoms with E-state index in [0.29, 0.717) is 0 Å². The number of hydrogen-bond acceptors (Lipinski definition) is 4. The molecule has 2 aromatic heterocycles. The maximum Gasteiger partial charge on any atom is 0.0557 e.